The number of aromatic amines is 1. The maximum absolute atomic E-state index is 12.6. The van der Waals surface area contributed by atoms with E-state index >= 15 is 0 Å². The average molecular weight is 352 g/mol. The third-order valence-corrected chi connectivity index (χ3v) is 6.27. The van der Waals surface area contributed by atoms with Crippen LogP contribution in [0.15, 0.2) is 18.5 Å². The molecule has 2 aromatic heterocycles. The molecule has 0 saturated carbocycles. The van der Waals surface area contributed by atoms with Crippen LogP contribution in [0, 0.1) is 11.8 Å². The van der Waals surface area contributed by atoms with Gasteiger partial charge in [0.1, 0.15) is 5.69 Å². The first kappa shape index (κ1) is 15.8. The Kier molecular flexibility index (Phi) is 3.69. The molecule has 5 rings (SSSR count). The molecule has 0 radical (unpaired) electrons. The number of rotatable bonds is 2. The van der Waals surface area contributed by atoms with Gasteiger partial charge in [0.05, 0.1) is 0 Å². The molecule has 2 saturated heterocycles. The highest BCUT2D eigenvalue weighted by molar-refractivity contribution is 5.92. The molecule has 1 amide bonds. The van der Waals surface area contributed by atoms with Crippen molar-refractivity contribution < 1.29 is 4.79 Å². The van der Waals surface area contributed by atoms with E-state index < -0.39 is 0 Å². The quantitative estimate of drug-likeness (QED) is 0.892. The molecule has 0 aromatic carbocycles. The summed E-state index contributed by atoms with van der Waals surface area (Å²) in [6.07, 6.45) is 7.03. The number of likely N-dealkylation sites (tertiary alicyclic amines) is 1. The van der Waals surface area contributed by atoms with Crippen molar-refractivity contribution in [1.29, 1.82) is 0 Å². The fourth-order valence-corrected chi connectivity index (χ4v) is 4.64. The normalized spacial score (nSPS) is 25.4. The lowest BCUT2D eigenvalue weighted by Crippen LogP contribution is -2.34. The first-order valence-electron chi connectivity index (χ1n) is 9.58. The molecule has 1 aliphatic carbocycles. The summed E-state index contributed by atoms with van der Waals surface area (Å²) in [5.74, 6) is 2.56. The number of carbonyl (C=O) groups excluding carboxylic acids is 1. The van der Waals surface area contributed by atoms with Gasteiger partial charge >= 0.3 is 0 Å². The van der Waals surface area contributed by atoms with Crippen molar-refractivity contribution in [3.63, 3.8) is 0 Å². The molecule has 0 bridgehead atoms. The Bertz CT molecular complexity index is 811. The number of piperidine rings is 1. The van der Waals surface area contributed by atoms with Crippen molar-refractivity contribution in [2.24, 2.45) is 11.8 Å². The second-order valence-corrected chi connectivity index (χ2v) is 7.99. The van der Waals surface area contributed by atoms with Gasteiger partial charge in [-0.3, -0.25) is 9.89 Å². The number of anilines is 1. The van der Waals surface area contributed by atoms with Crippen molar-refractivity contribution in [2.75, 3.05) is 31.1 Å². The molecule has 2 fully saturated rings. The van der Waals surface area contributed by atoms with Crippen LogP contribution in [0.1, 0.15) is 47.4 Å². The topological polar surface area (TPSA) is 78.0 Å². The standard InChI is InChI=1S/C19H24N6O/c1-12-3-6-24(7-4-12)19-20-9-14-15-11-25(10-13(15)8-17(14)22-19)18(26)16-2-5-21-23-16/h2,5,9,12-13,15H,3-4,6-8,10-11H2,1H3,(H,21,23). The van der Waals surface area contributed by atoms with Crippen LogP contribution < -0.4 is 4.90 Å². The lowest BCUT2D eigenvalue weighted by molar-refractivity contribution is 0.0779. The first-order valence-corrected chi connectivity index (χ1v) is 9.58. The number of hydrogen-bond donors (Lipinski definition) is 1. The molecular formula is C19H24N6O. The van der Waals surface area contributed by atoms with Crippen LogP contribution in [0.25, 0.3) is 0 Å². The highest BCUT2D eigenvalue weighted by Crippen LogP contribution is 2.42. The first-order chi connectivity index (χ1) is 12.7. The van der Waals surface area contributed by atoms with E-state index in [1.54, 1.807) is 12.3 Å². The largest absolute Gasteiger partial charge is 0.341 e. The molecule has 2 aliphatic heterocycles. The molecule has 0 spiro atoms. The van der Waals surface area contributed by atoms with Crippen molar-refractivity contribution in [2.45, 2.75) is 32.1 Å². The Balaban J connectivity index is 1.32. The lowest BCUT2D eigenvalue weighted by atomic mass is 9.97. The van der Waals surface area contributed by atoms with Gasteiger partial charge in [0, 0.05) is 50.2 Å². The summed E-state index contributed by atoms with van der Waals surface area (Å²) in [5.41, 5.74) is 3.00. The highest BCUT2D eigenvalue weighted by atomic mass is 16.2. The van der Waals surface area contributed by atoms with E-state index in [9.17, 15) is 4.79 Å². The SMILES string of the molecule is CC1CCN(c2ncc3c(n2)CC2CN(C(=O)c4ccn[nH]4)CC32)CC1. The van der Waals surface area contributed by atoms with Gasteiger partial charge in [-0.2, -0.15) is 5.10 Å². The molecular weight excluding hydrogens is 328 g/mol. The van der Waals surface area contributed by atoms with E-state index in [4.69, 9.17) is 4.98 Å². The van der Waals surface area contributed by atoms with Crippen molar-refractivity contribution in [3.05, 3.63) is 35.4 Å². The Labute approximate surface area is 152 Å². The molecule has 4 heterocycles. The van der Waals surface area contributed by atoms with Gasteiger partial charge < -0.3 is 9.80 Å². The third-order valence-electron chi connectivity index (χ3n) is 6.27. The minimum atomic E-state index is 0.0402. The van der Waals surface area contributed by atoms with Crippen LogP contribution in [0.4, 0.5) is 5.95 Å². The van der Waals surface area contributed by atoms with E-state index in [-0.39, 0.29) is 5.91 Å². The highest BCUT2D eigenvalue weighted by Gasteiger charge is 2.43. The molecule has 3 aliphatic rings. The fourth-order valence-electron chi connectivity index (χ4n) is 4.64. The molecule has 2 unspecified atom stereocenters. The molecule has 7 nitrogen and oxygen atoms in total. The van der Waals surface area contributed by atoms with Crippen LogP contribution >= 0.6 is 0 Å². The van der Waals surface area contributed by atoms with E-state index in [1.165, 1.54) is 24.1 Å². The third kappa shape index (κ3) is 2.57. The second-order valence-electron chi connectivity index (χ2n) is 7.99. The summed E-state index contributed by atoms with van der Waals surface area (Å²) in [7, 11) is 0. The van der Waals surface area contributed by atoms with Crippen molar-refractivity contribution >= 4 is 11.9 Å². The smallest absolute Gasteiger partial charge is 0.271 e. The fraction of sp³-hybridized carbons (Fsp3) is 0.579. The van der Waals surface area contributed by atoms with Crippen LogP contribution in [0.2, 0.25) is 0 Å². The Morgan fingerprint density at radius 1 is 1.27 bits per heavy atom. The molecule has 136 valence electrons. The van der Waals surface area contributed by atoms with Crippen LogP contribution in [0.5, 0.6) is 0 Å². The molecule has 7 heteroatoms. The van der Waals surface area contributed by atoms with E-state index in [0.717, 1.165) is 44.5 Å². The minimum Gasteiger partial charge on any atom is -0.341 e. The Morgan fingerprint density at radius 2 is 2.12 bits per heavy atom. The molecule has 2 aromatic rings. The van der Waals surface area contributed by atoms with Crippen LogP contribution in [0.3, 0.4) is 0 Å². The number of aromatic nitrogens is 4. The summed E-state index contributed by atoms with van der Waals surface area (Å²) in [4.78, 5) is 26.4. The number of hydrogen-bond acceptors (Lipinski definition) is 5. The lowest BCUT2D eigenvalue weighted by Gasteiger charge is -2.30. The predicted octanol–water partition coefficient (Wildman–Crippen LogP) is 1.85. The number of fused-ring (bicyclic) bond motifs is 3. The summed E-state index contributed by atoms with van der Waals surface area (Å²) >= 11 is 0. The second kappa shape index (κ2) is 6.07. The minimum absolute atomic E-state index is 0.0402. The maximum atomic E-state index is 12.6. The van der Waals surface area contributed by atoms with E-state index in [0.29, 0.717) is 17.5 Å². The van der Waals surface area contributed by atoms with Gasteiger partial charge in [-0.05, 0) is 42.7 Å². The maximum Gasteiger partial charge on any atom is 0.271 e. The van der Waals surface area contributed by atoms with Gasteiger partial charge in [-0.1, -0.05) is 6.92 Å². The summed E-state index contributed by atoms with van der Waals surface area (Å²) in [6, 6.07) is 1.74. The van der Waals surface area contributed by atoms with E-state index in [1.807, 2.05) is 11.1 Å². The van der Waals surface area contributed by atoms with Crippen molar-refractivity contribution in [3.8, 4) is 0 Å². The Hall–Kier alpha value is -2.44. The number of nitrogens with zero attached hydrogens (tertiary/aromatic N) is 5. The van der Waals surface area contributed by atoms with E-state index in [2.05, 4.69) is 27.0 Å². The van der Waals surface area contributed by atoms with Gasteiger partial charge in [0.15, 0.2) is 0 Å². The number of carbonyl (C=O) groups is 1. The van der Waals surface area contributed by atoms with Crippen LogP contribution in [-0.2, 0) is 6.42 Å². The predicted molar refractivity (Wildman–Crippen MR) is 97.1 cm³/mol. The number of nitrogens with one attached hydrogen (secondary N) is 1. The average Bonchev–Trinajstić information content (AvgIpc) is 3.37. The molecule has 2 atom stereocenters. The summed E-state index contributed by atoms with van der Waals surface area (Å²) < 4.78 is 0. The van der Waals surface area contributed by atoms with Gasteiger partial charge in [-0.15, -0.1) is 0 Å². The zero-order valence-corrected chi connectivity index (χ0v) is 15.1. The van der Waals surface area contributed by atoms with Gasteiger partial charge in [0.2, 0.25) is 5.95 Å². The van der Waals surface area contributed by atoms with Gasteiger partial charge in [0.25, 0.3) is 5.91 Å². The summed E-state index contributed by atoms with van der Waals surface area (Å²) in [5, 5.41) is 6.66. The number of H-pyrrole nitrogens is 1. The monoisotopic (exact) mass is 352 g/mol. The summed E-state index contributed by atoms with van der Waals surface area (Å²) in [6.45, 7) is 5.96. The van der Waals surface area contributed by atoms with Gasteiger partial charge in [-0.25, -0.2) is 9.97 Å². The molecule has 26 heavy (non-hydrogen) atoms. The zero-order valence-electron chi connectivity index (χ0n) is 15.1. The Morgan fingerprint density at radius 3 is 2.88 bits per heavy atom. The number of amides is 1. The zero-order chi connectivity index (χ0) is 17.7. The molecule has 1 N–H and O–H groups in total. The van der Waals surface area contributed by atoms with Crippen molar-refractivity contribution in [1.82, 2.24) is 25.1 Å². The van der Waals surface area contributed by atoms with Crippen LogP contribution in [-0.4, -0.2) is 57.2 Å².